The fraction of sp³-hybridized carbons (Fsp3) is 0.375. The average Bonchev–Trinajstić information content (AvgIpc) is 3.69. The highest BCUT2D eigenvalue weighted by Crippen LogP contribution is 2.31. The van der Waals surface area contributed by atoms with Gasteiger partial charge in [-0.15, -0.1) is 0 Å². The third kappa shape index (κ3) is 4.84. The second-order valence-electron chi connectivity index (χ2n) is 11.9. The van der Waals surface area contributed by atoms with Crippen molar-refractivity contribution in [3.63, 3.8) is 0 Å². The van der Waals surface area contributed by atoms with Gasteiger partial charge in [0.15, 0.2) is 5.82 Å². The number of aliphatic hydroxyl groups is 1. The molecule has 0 radical (unpaired) electrons. The Kier molecular flexibility index (Phi) is 7.19. The Morgan fingerprint density at radius 1 is 1.11 bits per heavy atom. The van der Waals surface area contributed by atoms with E-state index in [-0.39, 0.29) is 17.7 Å². The molecule has 0 fully saturated rings. The van der Waals surface area contributed by atoms with Gasteiger partial charge < -0.3 is 24.1 Å². The van der Waals surface area contributed by atoms with Gasteiger partial charge in [0.2, 0.25) is 0 Å². The molecule has 0 bridgehead atoms. The molecule has 0 saturated carbocycles. The second-order valence-corrected chi connectivity index (χ2v) is 11.9. The van der Waals surface area contributed by atoms with Crippen LogP contribution in [0.3, 0.4) is 0 Å². The molecule has 2 aliphatic rings. The molecule has 7 rings (SSSR count). The first-order valence-corrected chi connectivity index (χ1v) is 14.9. The van der Waals surface area contributed by atoms with Gasteiger partial charge in [0, 0.05) is 81.5 Å². The van der Waals surface area contributed by atoms with E-state index < -0.39 is 0 Å². The van der Waals surface area contributed by atoms with E-state index in [0.29, 0.717) is 52.1 Å². The molecular formula is C32H36N8O4. The zero-order valence-corrected chi connectivity index (χ0v) is 25.2. The van der Waals surface area contributed by atoms with Gasteiger partial charge in [-0.3, -0.25) is 23.7 Å². The zero-order chi connectivity index (χ0) is 30.5. The molecule has 228 valence electrons. The molecule has 0 spiro atoms. The summed E-state index contributed by atoms with van der Waals surface area (Å²) in [5.74, 6) is 1.51. The minimum Gasteiger partial charge on any atom is -0.392 e. The molecule has 12 heteroatoms. The Bertz CT molecular complexity index is 2000. The standard InChI is InChI=1S/C32H36N8O4/c1-20-12-21-15-28-32(43)39(8-7-38(28)27(21)13-20)30-25(19-41)24(4-5-33-30)22-14-26(31(42)36(2)17-22)34-29-16-23-18-37(10-11-44-3)6-9-40(23)35-29/h4-5,7-8,14-17,20,41H,6,9-13,18-19H2,1-3H3,(H,34,35). The third-order valence-corrected chi connectivity index (χ3v) is 8.81. The predicted molar refractivity (Wildman–Crippen MR) is 167 cm³/mol. The van der Waals surface area contributed by atoms with Gasteiger partial charge in [0.05, 0.1) is 25.5 Å². The van der Waals surface area contributed by atoms with Crippen molar-refractivity contribution in [3.05, 3.63) is 92.3 Å². The summed E-state index contributed by atoms with van der Waals surface area (Å²) < 4.78 is 12.2. The van der Waals surface area contributed by atoms with Crippen LogP contribution in [0.15, 0.2) is 58.6 Å². The molecule has 0 aromatic carbocycles. The number of aryl methyl sites for hydroxylation is 1. The summed E-state index contributed by atoms with van der Waals surface area (Å²) in [6.45, 7) is 5.79. The SMILES string of the molecule is COCCN1CCn2nc(Nc3cc(-c4ccnc(-n5ccn6c7c(cc6c5=O)CC(C)C7)c4CO)cn(C)c3=O)cc2C1. The van der Waals surface area contributed by atoms with Crippen molar-refractivity contribution < 1.29 is 9.84 Å². The van der Waals surface area contributed by atoms with Gasteiger partial charge in [0.1, 0.15) is 17.0 Å². The smallest absolute Gasteiger partial charge is 0.280 e. The molecule has 1 aliphatic carbocycles. The number of nitrogens with one attached hydrogen (secondary N) is 1. The summed E-state index contributed by atoms with van der Waals surface area (Å²) in [4.78, 5) is 33.7. The number of rotatable bonds is 8. The van der Waals surface area contributed by atoms with Gasteiger partial charge in [-0.05, 0) is 48.1 Å². The summed E-state index contributed by atoms with van der Waals surface area (Å²) in [5.41, 5.74) is 5.87. The van der Waals surface area contributed by atoms with E-state index in [1.807, 2.05) is 27.4 Å². The quantitative estimate of drug-likeness (QED) is 0.280. The summed E-state index contributed by atoms with van der Waals surface area (Å²) in [6.07, 6.45) is 8.87. The van der Waals surface area contributed by atoms with Crippen LogP contribution in [0.4, 0.5) is 11.5 Å². The van der Waals surface area contributed by atoms with E-state index >= 15 is 0 Å². The van der Waals surface area contributed by atoms with Crippen LogP contribution in [0, 0.1) is 5.92 Å². The van der Waals surface area contributed by atoms with E-state index in [2.05, 4.69) is 27.2 Å². The Hall–Kier alpha value is -4.52. The molecule has 1 atom stereocenters. The number of methoxy groups -OCH3 is 1. The van der Waals surface area contributed by atoms with Crippen LogP contribution < -0.4 is 16.4 Å². The van der Waals surface area contributed by atoms with Crippen molar-refractivity contribution in [1.82, 2.24) is 33.2 Å². The first-order valence-electron chi connectivity index (χ1n) is 14.9. The normalized spacial score (nSPS) is 16.4. The fourth-order valence-electron chi connectivity index (χ4n) is 6.62. The summed E-state index contributed by atoms with van der Waals surface area (Å²) in [7, 11) is 3.39. The topological polar surface area (TPSA) is 124 Å². The molecule has 2 N–H and O–H groups in total. The maximum Gasteiger partial charge on any atom is 0.280 e. The third-order valence-electron chi connectivity index (χ3n) is 8.81. The molecule has 0 amide bonds. The lowest BCUT2D eigenvalue weighted by Gasteiger charge is -2.26. The lowest BCUT2D eigenvalue weighted by atomic mass is 10.0. The lowest BCUT2D eigenvalue weighted by Crippen LogP contribution is -2.35. The molecule has 0 saturated heterocycles. The van der Waals surface area contributed by atoms with E-state index in [4.69, 9.17) is 4.74 Å². The number of pyridine rings is 2. The van der Waals surface area contributed by atoms with Crippen molar-refractivity contribution in [3.8, 4) is 16.9 Å². The first kappa shape index (κ1) is 28.3. The van der Waals surface area contributed by atoms with Gasteiger partial charge in [-0.2, -0.15) is 5.10 Å². The number of anilines is 2. The number of ether oxygens (including phenoxy) is 1. The summed E-state index contributed by atoms with van der Waals surface area (Å²) in [6, 6.07) is 7.50. The summed E-state index contributed by atoms with van der Waals surface area (Å²) in [5, 5.41) is 18.5. The highest BCUT2D eigenvalue weighted by Gasteiger charge is 2.24. The minimum atomic E-state index is -0.343. The van der Waals surface area contributed by atoms with Crippen LogP contribution in [0.5, 0.6) is 0 Å². The molecular weight excluding hydrogens is 560 g/mol. The van der Waals surface area contributed by atoms with Crippen LogP contribution in [0.25, 0.3) is 22.5 Å². The van der Waals surface area contributed by atoms with Gasteiger partial charge in [-0.25, -0.2) is 4.98 Å². The fourth-order valence-corrected chi connectivity index (χ4v) is 6.62. The Balaban J connectivity index is 1.24. The Morgan fingerprint density at radius 3 is 2.80 bits per heavy atom. The highest BCUT2D eigenvalue weighted by molar-refractivity contribution is 5.73. The number of hydrogen-bond donors (Lipinski definition) is 2. The van der Waals surface area contributed by atoms with Crippen LogP contribution in [-0.2, 0) is 44.3 Å². The van der Waals surface area contributed by atoms with E-state index in [9.17, 15) is 14.7 Å². The van der Waals surface area contributed by atoms with E-state index in [1.165, 1.54) is 20.4 Å². The van der Waals surface area contributed by atoms with Crippen molar-refractivity contribution in [2.24, 2.45) is 13.0 Å². The Labute approximate surface area is 253 Å². The molecule has 1 unspecified atom stereocenters. The molecule has 44 heavy (non-hydrogen) atoms. The Morgan fingerprint density at radius 2 is 1.98 bits per heavy atom. The molecule has 6 heterocycles. The molecule has 12 nitrogen and oxygen atoms in total. The monoisotopic (exact) mass is 596 g/mol. The predicted octanol–water partition coefficient (Wildman–Crippen LogP) is 2.48. The van der Waals surface area contributed by atoms with Gasteiger partial charge in [0.25, 0.3) is 11.1 Å². The van der Waals surface area contributed by atoms with Crippen molar-refractivity contribution >= 4 is 17.0 Å². The van der Waals surface area contributed by atoms with Crippen molar-refractivity contribution in [2.45, 2.75) is 39.5 Å². The maximum absolute atomic E-state index is 13.7. The number of hydrogen-bond acceptors (Lipinski definition) is 8. The second kappa shape index (κ2) is 11.2. The van der Waals surface area contributed by atoms with Crippen molar-refractivity contribution in [2.75, 3.05) is 32.1 Å². The molecule has 5 aromatic rings. The maximum atomic E-state index is 13.7. The van der Waals surface area contributed by atoms with Crippen LogP contribution >= 0.6 is 0 Å². The minimum absolute atomic E-state index is 0.193. The van der Waals surface area contributed by atoms with Crippen molar-refractivity contribution in [1.29, 1.82) is 0 Å². The molecule has 1 aliphatic heterocycles. The van der Waals surface area contributed by atoms with E-state index in [1.54, 1.807) is 44.9 Å². The largest absolute Gasteiger partial charge is 0.392 e. The zero-order valence-electron chi connectivity index (χ0n) is 25.2. The summed E-state index contributed by atoms with van der Waals surface area (Å²) >= 11 is 0. The van der Waals surface area contributed by atoms with E-state index in [0.717, 1.165) is 44.7 Å². The van der Waals surface area contributed by atoms with Gasteiger partial charge >= 0.3 is 0 Å². The van der Waals surface area contributed by atoms with Crippen LogP contribution in [-0.4, -0.2) is 65.1 Å². The van der Waals surface area contributed by atoms with Gasteiger partial charge in [-0.1, -0.05) is 6.92 Å². The number of aromatic nitrogens is 6. The lowest BCUT2D eigenvalue weighted by molar-refractivity contribution is 0.129. The average molecular weight is 597 g/mol. The number of fused-ring (bicyclic) bond motifs is 4. The number of nitrogens with zero attached hydrogens (tertiary/aromatic N) is 7. The molecule has 5 aromatic heterocycles. The van der Waals surface area contributed by atoms with Crippen LogP contribution in [0.2, 0.25) is 0 Å². The first-order chi connectivity index (χ1) is 21.3. The highest BCUT2D eigenvalue weighted by atomic mass is 16.5. The van der Waals surface area contributed by atoms with Crippen LogP contribution in [0.1, 0.15) is 29.4 Å². The number of aliphatic hydroxyl groups excluding tert-OH is 1.